The molecule has 0 spiro atoms. The van der Waals surface area contributed by atoms with Gasteiger partial charge >= 0.3 is 0 Å². The highest BCUT2D eigenvalue weighted by atomic mass is 16.5. The fourth-order valence-electron chi connectivity index (χ4n) is 3.46. The van der Waals surface area contributed by atoms with Gasteiger partial charge in [-0.1, -0.05) is 45.0 Å². The molecule has 32 heavy (non-hydrogen) atoms. The number of anilines is 1. The van der Waals surface area contributed by atoms with Gasteiger partial charge in [-0.3, -0.25) is 4.79 Å². The van der Waals surface area contributed by atoms with Crippen molar-refractivity contribution < 1.29 is 19.0 Å². The van der Waals surface area contributed by atoms with Crippen LogP contribution in [0, 0.1) is 0 Å². The Morgan fingerprint density at radius 3 is 2.09 bits per heavy atom. The molecular formula is C25H31N3O4. The molecule has 0 saturated carbocycles. The van der Waals surface area contributed by atoms with E-state index >= 15 is 0 Å². The summed E-state index contributed by atoms with van der Waals surface area (Å²) in [4.78, 5) is 12.7. The Morgan fingerprint density at radius 2 is 1.56 bits per heavy atom. The number of ether oxygens (including phenoxy) is 3. The number of hydrogen-bond acceptors (Lipinski definition) is 5. The Hall–Kier alpha value is -3.48. The number of rotatable bonds is 8. The maximum absolute atomic E-state index is 12.7. The zero-order chi connectivity index (χ0) is 23.3. The summed E-state index contributed by atoms with van der Waals surface area (Å²) in [5, 5.41) is 7.31. The summed E-state index contributed by atoms with van der Waals surface area (Å²) in [6.07, 6.45) is 1.83. The highest BCUT2D eigenvalue weighted by molar-refractivity contribution is 5.91. The van der Waals surface area contributed by atoms with E-state index in [0.717, 1.165) is 11.1 Å². The molecule has 7 heteroatoms. The number of amides is 1. The molecule has 1 aromatic heterocycles. The van der Waals surface area contributed by atoms with Crippen LogP contribution in [0.15, 0.2) is 48.7 Å². The number of nitrogens with one attached hydrogen (secondary N) is 1. The molecule has 0 fully saturated rings. The van der Waals surface area contributed by atoms with Gasteiger partial charge in [0.05, 0.1) is 40.5 Å². The largest absolute Gasteiger partial charge is 0.493 e. The Labute approximate surface area is 189 Å². The van der Waals surface area contributed by atoms with E-state index in [9.17, 15) is 4.79 Å². The Kier molecular flexibility index (Phi) is 7.08. The predicted molar refractivity (Wildman–Crippen MR) is 125 cm³/mol. The topological polar surface area (TPSA) is 74.6 Å². The molecule has 7 nitrogen and oxygen atoms in total. The molecule has 0 aliphatic carbocycles. The second kappa shape index (κ2) is 9.77. The molecule has 0 bridgehead atoms. The summed E-state index contributed by atoms with van der Waals surface area (Å²) < 4.78 is 17.9. The van der Waals surface area contributed by atoms with E-state index in [2.05, 4.69) is 55.5 Å². The van der Waals surface area contributed by atoms with Gasteiger partial charge in [-0.2, -0.15) is 5.10 Å². The van der Waals surface area contributed by atoms with Crippen LogP contribution in [0.5, 0.6) is 17.2 Å². The fourth-order valence-corrected chi connectivity index (χ4v) is 3.46. The standard InChI is InChI=1S/C25H31N3O4/c1-25(2,3)19-9-7-17(8-10-19)16-28-22(11-12-26-28)27-23(29)15-18-13-20(30-4)24(32-6)21(14-18)31-5/h7-14H,15-16H2,1-6H3,(H,27,29). The van der Waals surface area contributed by atoms with Crippen molar-refractivity contribution in [1.29, 1.82) is 0 Å². The Balaban J connectivity index is 1.70. The quantitative estimate of drug-likeness (QED) is 0.564. The second-order valence-corrected chi connectivity index (χ2v) is 8.58. The first-order chi connectivity index (χ1) is 15.2. The van der Waals surface area contributed by atoms with Crippen LogP contribution in [0.25, 0.3) is 0 Å². The minimum atomic E-state index is -0.163. The molecule has 1 heterocycles. The Bertz CT molecular complexity index is 1040. The lowest BCUT2D eigenvalue weighted by Crippen LogP contribution is -2.18. The number of methoxy groups -OCH3 is 3. The number of carbonyl (C=O) groups excluding carboxylic acids is 1. The van der Waals surface area contributed by atoms with Crippen molar-refractivity contribution in [1.82, 2.24) is 9.78 Å². The van der Waals surface area contributed by atoms with Gasteiger partial charge in [0, 0.05) is 6.07 Å². The first-order valence-corrected chi connectivity index (χ1v) is 10.4. The number of hydrogen-bond donors (Lipinski definition) is 1. The fraction of sp³-hybridized carbons (Fsp3) is 0.360. The molecule has 3 aromatic rings. The third-order valence-electron chi connectivity index (χ3n) is 5.23. The molecule has 1 N–H and O–H groups in total. The van der Waals surface area contributed by atoms with Gasteiger partial charge in [0.2, 0.25) is 11.7 Å². The molecule has 0 aliphatic heterocycles. The molecule has 3 rings (SSSR count). The van der Waals surface area contributed by atoms with E-state index in [-0.39, 0.29) is 17.7 Å². The minimum absolute atomic E-state index is 0.107. The highest BCUT2D eigenvalue weighted by Crippen LogP contribution is 2.38. The van der Waals surface area contributed by atoms with Crippen molar-refractivity contribution in [3.63, 3.8) is 0 Å². The van der Waals surface area contributed by atoms with Crippen LogP contribution >= 0.6 is 0 Å². The van der Waals surface area contributed by atoms with E-state index in [1.54, 1.807) is 50.4 Å². The summed E-state index contributed by atoms with van der Waals surface area (Å²) >= 11 is 0. The molecule has 1 amide bonds. The number of aromatic nitrogens is 2. The van der Waals surface area contributed by atoms with Crippen LogP contribution < -0.4 is 19.5 Å². The molecule has 0 aliphatic rings. The van der Waals surface area contributed by atoms with Crippen molar-refractivity contribution >= 4 is 11.7 Å². The zero-order valence-corrected chi connectivity index (χ0v) is 19.6. The van der Waals surface area contributed by atoms with E-state index < -0.39 is 0 Å². The van der Waals surface area contributed by atoms with Crippen LogP contribution in [0.4, 0.5) is 5.82 Å². The van der Waals surface area contributed by atoms with Gasteiger partial charge in [0.25, 0.3) is 0 Å². The van der Waals surface area contributed by atoms with Crippen LogP contribution in [0.3, 0.4) is 0 Å². The third-order valence-corrected chi connectivity index (χ3v) is 5.23. The monoisotopic (exact) mass is 437 g/mol. The molecule has 0 saturated heterocycles. The Morgan fingerprint density at radius 1 is 0.938 bits per heavy atom. The maximum atomic E-state index is 12.7. The van der Waals surface area contributed by atoms with Crippen molar-refractivity contribution in [3.05, 3.63) is 65.4 Å². The van der Waals surface area contributed by atoms with Crippen LogP contribution in [-0.2, 0) is 23.2 Å². The number of nitrogens with zero attached hydrogens (tertiary/aromatic N) is 2. The maximum Gasteiger partial charge on any atom is 0.229 e. The molecular weight excluding hydrogens is 406 g/mol. The SMILES string of the molecule is COc1cc(CC(=O)Nc2ccnn2Cc2ccc(C(C)(C)C)cc2)cc(OC)c1OC. The number of carbonyl (C=O) groups is 1. The molecule has 2 aromatic carbocycles. The molecule has 0 radical (unpaired) electrons. The summed E-state index contributed by atoms with van der Waals surface area (Å²) in [6, 6.07) is 13.8. The molecule has 0 unspecified atom stereocenters. The lowest BCUT2D eigenvalue weighted by Gasteiger charge is -2.19. The van der Waals surface area contributed by atoms with Gasteiger partial charge in [-0.05, 0) is 34.2 Å². The lowest BCUT2D eigenvalue weighted by atomic mass is 9.87. The second-order valence-electron chi connectivity index (χ2n) is 8.58. The van der Waals surface area contributed by atoms with Crippen LogP contribution in [0.2, 0.25) is 0 Å². The number of benzene rings is 2. The van der Waals surface area contributed by atoms with Crippen LogP contribution in [-0.4, -0.2) is 37.0 Å². The molecule has 170 valence electrons. The smallest absolute Gasteiger partial charge is 0.229 e. The van der Waals surface area contributed by atoms with E-state index in [1.807, 2.05) is 0 Å². The summed E-state index contributed by atoms with van der Waals surface area (Å²) in [5.41, 5.74) is 3.25. The average Bonchev–Trinajstić information content (AvgIpc) is 3.18. The van der Waals surface area contributed by atoms with E-state index in [4.69, 9.17) is 14.2 Å². The van der Waals surface area contributed by atoms with Crippen molar-refractivity contribution in [2.75, 3.05) is 26.6 Å². The van der Waals surface area contributed by atoms with Gasteiger partial charge in [0.1, 0.15) is 5.82 Å². The summed E-state index contributed by atoms with van der Waals surface area (Å²) in [7, 11) is 4.64. The average molecular weight is 438 g/mol. The van der Waals surface area contributed by atoms with Gasteiger partial charge in [-0.15, -0.1) is 0 Å². The van der Waals surface area contributed by atoms with Crippen molar-refractivity contribution in [2.24, 2.45) is 0 Å². The van der Waals surface area contributed by atoms with E-state index in [1.165, 1.54) is 5.56 Å². The predicted octanol–water partition coefficient (Wildman–Crippen LogP) is 4.44. The van der Waals surface area contributed by atoms with E-state index in [0.29, 0.717) is 29.6 Å². The zero-order valence-electron chi connectivity index (χ0n) is 19.6. The van der Waals surface area contributed by atoms with Crippen molar-refractivity contribution in [2.45, 2.75) is 39.2 Å². The molecule has 0 atom stereocenters. The first-order valence-electron chi connectivity index (χ1n) is 10.4. The van der Waals surface area contributed by atoms with Crippen LogP contribution in [0.1, 0.15) is 37.5 Å². The van der Waals surface area contributed by atoms with Gasteiger partial charge in [-0.25, -0.2) is 4.68 Å². The highest BCUT2D eigenvalue weighted by Gasteiger charge is 2.16. The lowest BCUT2D eigenvalue weighted by molar-refractivity contribution is -0.115. The minimum Gasteiger partial charge on any atom is -0.493 e. The summed E-state index contributed by atoms with van der Waals surface area (Å²) in [6.45, 7) is 7.14. The normalized spacial score (nSPS) is 11.2. The third kappa shape index (κ3) is 5.41. The van der Waals surface area contributed by atoms with Crippen molar-refractivity contribution in [3.8, 4) is 17.2 Å². The summed E-state index contributed by atoms with van der Waals surface area (Å²) in [5.74, 6) is 2.00. The van der Waals surface area contributed by atoms with Gasteiger partial charge < -0.3 is 19.5 Å². The van der Waals surface area contributed by atoms with Gasteiger partial charge in [0.15, 0.2) is 11.5 Å². The first kappa shape index (κ1) is 23.2.